The summed E-state index contributed by atoms with van der Waals surface area (Å²) in [6.45, 7) is 1.27. The summed E-state index contributed by atoms with van der Waals surface area (Å²) in [5.41, 5.74) is 1.74. The van der Waals surface area contributed by atoms with E-state index in [1.807, 2.05) is 60.7 Å². The van der Waals surface area contributed by atoms with Gasteiger partial charge in [-0.3, -0.25) is 9.78 Å². The first-order chi connectivity index (χ1) is 15.2. The Hall–Kier alpha value is -3.61. The monoisotopic (exact) mass is 419 g/mol. The van der Waals surface area contributed by atoms with Crippen LogP contribution in [0, 0.1) is 0 Å². The topological polar surface area (TPSA) is 80.8 Å². The second-order valence-corrected chi connectivity index (χ2v) is 7.44. The summed E-state index contributed by atoms with van der Waals surface area (Å²) < 4.78 is 11.3. The number of para-hydroxylation sites is 1. The van der Waals surface area contributed by atoms with Crippen LogP contribution in [0.15, 0.2) is 66.9 Å². The van der Waals surface area contributed by atoms with Gasteiger partial charge in [0.05, 0.1) is 0 Å². The van der Waals surface area contributed by atoms with Crippen molar-refractivity contribution in [1.29, 1.82) is 0 Å². The van der Waals surface area contributed by atoms with E-state index in [4.69, 9.17) is 9.47 Å². The van der Waals surface area contributed by atoms with Crippen molar-refractivity contribution in [2.45, 2.75) is 25.6 Å². The number of aromatic nitrogens is 1. The number of carbonyl (C=O) groups excluding carboxylic acids is 2. The smallest absolute Gasteiger partial charge is 0.407 e. The molecule has 31 heavy (non-hydrogen) atoms. The molecule has 7 nitrogen and oxygen atoms in total. The van der Waals surface area contributed by atoms with Gasteiger partial charge in [0.25, 0.3) is 0 Å². The van der Waals surface area contributed by atoms with E-state index >= 15 is 0 Å². The maximum absolute atomic E-state index is 12.4. The normalized spacial score (nSPS) is 14.3. The third kappa shape index (κ3) is 5.51. The summed E-state index contributed by atoms with van der Waals surface area (Å²) in [6.07, 6.45) is 2.65. The highest BCUT2D eigenvalue weighted by Crippen LogP contribution is 2.26. The molecule has 2 amide bonds. The highest BCUT2D eigenvalue weighted by molar-refractivity contribution is 5.84. The minimum Gasteiger partial charge on any atom is -0.488 e. The van der Waals surface area contributed by atoms with E-state index in [2.05, 4.69) is 10.3 Å². The molecular weight excluding hydrogens is 394 g/mol. The van der Waals surface area contributed by atoms with Crippen LogP contribution in [0.25, 0.3) is 10.9 Å². The van der Waals surface area contributed by atoms with Gasteiger partial charge in [0.1, 0.15) is 30.5 Å². The van der Waals surface area contributed by atoms with Crippen molar-refractivity contribution in [1.82, 2.24) is 15.2 Å². The molecule has 7 heteroatoms. The molecule has 0 aliphatic carbocycles. The highest BCUT2D eigenvalue weighted by Gasteiger charge is 2.24. The number of amides is 2. The van der Waals surface area contributed by atoms with E-state index in [9.17, 15) is 9.59 Å². The summed E-state index contributed by atoms with van der Waals surface area (Å²) in [6, 6.07) is 19.2. The lowest BCUT2D eigenvalue weighted by molar-refractivity contribution is -0.131. The van der Waals surface area contributed by atoms with Gasteiger partial charge < -0.3 is 19.7 Å². The number of carbonyl (C=O) groups is 2. The minimum atomic E-state index is -0.598. The van der Waals surface area contributed by atoms with Gasteiger partial charge in [-0.15, -0.1) is 0 Å². The molecule has 1 fully saturated rings. The zero-order chi connectivity index (χ0) is 21.5. The first-order valence-corrected chi connectivity index (χ1v) is 10.4. The number of alkyl carbamates (subject to hydrolysis) is 1. The Morgan fingerprint density at radius 1 is 1.00 bits per heavy atom. The molecule has 0 unspecified atom stereocenters. The largest absolute Gasteiger partial charge is 0.488 e. The first-order valence-electron chi connectivity index (χ1n) is 10.4. The summed E-state index contributed by atoms with van der Waals surface area (Å²) in [5.74, 6) is 0.646. The molecule has 0 bridgehead atoms. The molecule has 0 radical (unpaired) electrons. The second kappa shape index (κ2) is 9.93. The van der Waals surface area contributed by atoms with Crippen molar-refractivity contribution in [2.24, 2.45) is 0 Å². The van der Waals surface area contributed by atoms with E-state index in [1.54, 1.807) is 11.1 Å². The number of hydrogen-bond donors (Lipinski definition) is 1. The number of hydrogen-bond acceptors (Lipinski definition) is 5. The summed E-state index contributed by atoms with van der Waals surface area (Å²) in [5, 5.41) is 3.57. The number of ether oxygens (including phenoxy) is 2. The van der Waals surface area contributed by atoms with Crippen molar-refractivity contribution < 1.29 is 19.1 Å². The predicted molar refractivity (Wildman–Crippen MR) is 117 cm³/mol. The first kappa shape index (κ1) is 20.7. The summed E-state index contributed by atoms with van der Waals surface area (Å²) in [7, 11) is 0. The maximum atomic E-state index is 12.4. The maximum Gasteiger partial charge on any atom is 0.407 e. The number of fused-ring (bicyclic) bond motifs is 1. The van der Waals surface area contributed by atoms with E-state index in [1.165, 1.54) is 0 Å². The SMILES string of the molecule is O=C(NCC(=O)N1CCC(Oc2cccc3cccnc23)CC1)OCc1ccccc1. The molecule has 1 saturated heterocycles. The van der Waals surface area contributed by atoms with Gasteiger partial charge in [-0.2, -0.15) is 0 Å². The Morgan fingerprint density at radius 3 is 2.58 bits per heavy atom. The lowest BCUT2D eigenvalue weighted by Gasteiger charge is -2.32. The summed E-state index contributed by atoms with van der Waals surface area (Å²) in [4.78, 5) is 30.4. The van der Waals surface area contributed by atoms with Crippen molar-refractivity contribution in [3.05, 3.63) is 72.4 Å². The van der Waals surface area contributed by atoms with Gasteiger partial charge in [0.2, 0.25) is 5.91 Å². The third-order valence-corrected chi connectivity index (χ3v) is 5.28. The Bertz CT molecular complexity index is 1030. The molecule has 0 spiro atoms. The van der Waals surface area contributed by atoms with E-state index < -0.39 is 6.09 Å². The number of piperidine rings is 1. The van der Waals surface area contributed by atoms with E-state index in [-0.39, 0.29) is 25.2 Å². The van der Waals surface area contributed by atoms with Crippen molar-refractivity contribution in [3.8, 4) is 5.75 Å². The summed E-state index contributed by atoms with van der Waals surface area (Å²) >= 11 is 0. The Morgan fingerprint density at radius 2 is 1.77 bits per heavy atom. The Balaban J connectivity index is 1.20. The molecular formula is C24H25N3O4. The number of nitrogens with zero attached hydrogens (tertiary/aromatic N) is 2. The van der Waals surface area contributed by atoms with Crippen LogP contribution in [-0.2, 0) is 16.1 Å². The van der Waals surface area contributed by atoms with Crippen molar-refractivity contribution >= 4 is 22.9 Å². The second-order valence-electron chi connectivity index (χ2n) is 7.44. The zero-order valence-corrected chi connectivity index (χ0v) is 17.2. The molecule has 1 aliphatic heterocycles. The lowest BCUT2D eigenvalue weighted by atomic mass is 10.1. The molecule has 3 aromatic rings. The number of rotatable bonds is 6. The molecule has 0 saturated carbocycles. The molecule has 0 atom stereocenters. The van der Waals surface area contributed by atoms with Crippen LogP contribution < -0.4 is 10.1 Å². The van der Waals surface area contributed by atoms with Crippen LogP contribution in [0.3, 0.4) is 0 Å². The third-order valence-electron chi connectivity index (χ3n) is 5.28. The van der Waals surface area contributed by atoms with Crippen LogP contribution >= 0.6 is 0 Å². The van der Waals surface area contributed by atoms with Crippen molar-refractivity contribution in [3.63, 3.8) is 0 Å². The number of pyridine rings is 1. The molecule has 160 valence electrons. The fourth-order valence-corrected chi connectivity index (χ4v) is 3.61. The number of benzene rings is 2. The van der Waals surface area contributed by atoms with Crippen LogP contribution in [0.4, 0.5) is 4.79 Å². The van der Waals surface area contributed by atoms with Gasteiger partial charge >= 0.3 is 6.09 Å². The van der Waals surface area contributed by atoms with Crippen LogP contribution in [0.1, 0.15) is 18.4 Å². The average Bonchev–Trinajstić information content (AvgIpc) is 2.82. The van der Waals surface area contributed by atoms with Gasteiger partial charge in [-0.25, -0.2) is 4.79 Å². The van der Waals surface area contributed by atoms with E-state index in [0.29, 0.717) is 13.1 Å². The van der Waals surface area contributed by atoms with Gasteiger partial charge in [-0.1, -0.05) is 48.5 Å². The standard InChI is InChI=1S/C24H25N3O4/c28-22(16-26-24(29)30-17-18-6-2-1-3-7-18)27-14-11-20(12-15-27)31-21-10-4-8-19-9-5-13-25-23(19)21/h1-10,13,20H,11-12,14-17H2,(H,26,29). The molecule has 1 N–H and O–H groups in total. The zero-order valence-electron chi connectivity index (χ0n) is 17.2. The Kier molecular flexibility index (Phi) is 6.62. The molecule has 1 aliphatic rings. The number of nitrogens with one attached hydrogen (secondary N) is 1. The number of likely N-dealkylation sites (tertiary alicyclic amines) is 1. The fourth-order valence-electron chi connectivity index (χ4n) is 3.61. The lowest BCUT2D eigenvalue weighted by Crippen LogP contribution is -2.46. The van der Waals surface area contributed by atoms with Gasteiger partial charge in [0, 0.05) is 37.5 Å². The Labute approximate surface area is 181 Å². The van der Waals surface area contributed by atoms with Crippen molar-refractivity contribution in [2.75, 3.05) is 19.6 Å². The molecule has 1 aromatic heterocycles. The van der Waals surface area contributed by atoms with Gasteiger partial charge in [-0.05, 0) is 17.7 Å². The van der Waals surface area contributed by atoms with E-state index in [0.717, 1.165) is 35.1 Å². The van der Waals surface area contributed by atoms with Crippen LogP contribution in [0.5, 0.6) is 5.75 Å². The average molecular weight is 419 g/mol. The molecule has 2 heterocycles. The molecule has 2 aromatic carbocycles. The van der Waals surface area contributed by atoms with Gasteiger partial charge in [0.15, 0.2) is 0 Å². The minimum absolute atomic E-state index is 0.0282. The predicted octanol–water partition coefficient (Wildman–Crippen LogP) is 3.53. The molecule has 4 rings (SSSR count). The highest BCUT2D eigenvalue weighted by atomic mass is 16.5. The van der Waals surface area contributed by atoms with Crippen LogP contribution in [-0.4, -0.2) is 47.6 Å². The van der Waals surface area contributed by atoms with Crippen LogP contribution in [0.2, 0.25) is 0 Å². The quantitative estimate of drug-likeness (QED) is 0.661. The fraction of sp³-hybridized carbons (Fsp3) is 0.292.